The molecule has 114 valence electrons. The van der Waals surface area contributed by atoms with E-state index in [-0.39, 0.29) is 17.2 Å². The Labute approximate surface area is 127 Å². The molecule has 0 aromatic heterocycles. The van der Waals surface area contributed by atoms with Crippen molar-refractivity contribution >= 4 is 5.91 Å². The highest BCUT2D eigenvalue weighted by Gasteiger charge is 2.36. The number of nitrogens with one attached hydrogen (secondary N) is 1. The van der Waals surface area contributed by atoms with E-state index in [0.29, 0.717) is 5.92 Å². The number of rotatable bonds is 5. The summed E-state index contributed by atoms with van der Waals surface area (Å²) in [5, 5.41) is 3.18. The molecule has 1 saturated carbocycles. The lowest BCUT2D eigenvalue weighted by atomic mass is 9.83. The normalized spacial score (nSPS) is 22.5. The summed E-state index contributed by atoms with van der Waals surface area (Å²) >= 11 is 0. The number of amides is 1. The molecule has 3 heteroatoms. The Kier molecular flexibility index (Phi) is 4.29. The van der Waals surface area contributed by atoms with Gasteiger partial charge in [-0.25, -0.2) is 0 Å². The van der Waals surface area contributed by atoms with E-state index in [1.807, 2.05) is 18.2 Å². The maximum Gasteiger partial charge on any atom is 0.227 e. The SMILES string of the molecule is CC1(CNC(=O)[C@@H](c2ccccc2)C2CCCC2)COC1. The van der Waals surface area contributed by atoms with Crippen LogP contribution in [0.15, 0.2) is 30.3 Å². The molecule has 1 atom stereocenters. The van der Waals surface area contributed by atoms with Gasteiger partial charge in [-0.1, -0.05) is 50.1 Å². The molecule has 0 radical (unpaired) electrons. The number of hydrogen-bond acceptors (Lipinski definition) is 2. The second-order valence-corrected chi connectivity index (χ2v) is 6.95. The third-order valence-electron chi connectivity index (χ3n) is 4.90. The summed E-state index contributed by atoms with van der Waals surface area (Å²) in [6, 6.07) is 10.3. The molecule has 2 fully saturated rings. The number of hydrogen-bond donors (Lipinski definition) is 1. The molecule has 1 aromatic carbocycles. The van der Waals surface area contributed by atoms with Gasteiger partial charge >= 0.3 is 0 Å². The van der Waals surface area contributed by atoms with Crippen molar-refractivity contribution in [2.45, 2.75) is 38.5 Å². The molecule has 0 spiro atoms. The number of ether oxygens (including phenoxy) is 1. The van der Waals surface area contributed by atoms with Gasteiger partial charge in [-0.15, -0.1) is 0 Å². The van der Waals surface area contributed by atoms with Crippen molar-refractivity contribution in [1.82, 2.24) is 5.32 Å². The van der Waals surface area contributed by atoms with Crippen molar-refractivity contribution in [1.29, 1.82) is 0 Å². The quantitative estimate of drug-likeness (QED) is 0.903. The van der Waals surface area contributed by atoms with E-state index >= 15 is 0 Å². The lowest BCUT2D eigenvalue weighted by Crippen LogP contribution is -2.49. The fourth-order valence-corrected chi connectivity index (χ4v) is 3.55. The van der Waals surface area contributed by atoms with Gasteiger partial charge in [0.2, 0.25) is 5.91 Å². The van der Waals surface area contributed by atoms with Crippen molar-refractivity contribution in [3.8, 4) is 0 Å². The van der Waals surface area contributed by atoms with Crippen LogP contribution in [0, 0.1) is 11.3 Å². The van der Waals surface area contributed by atoms with Crippen molar-refractivity contribution < 1.29 is 9.53 Å². The third-order valence-corrected chi connectivity index (χ3v) is 4.90. The maximum atomic E-state index is 12.8. The Morgan fingerprint density at radius 2 is 1.95 bits per heavy atom. The predicted octanol–water partition coefficient (Wildman–Crippen LogP) is 3.11. The molecule has 3 nitrogen and oxygen atoms in total. The van der Waals surface area contributed by atoms with Gasteiger partial charge in [0.25, 0.3) is 0 Å². The predicted molar refractivity (Wildman–Crippen MR) is 83.1 cm³/mol. The summed E-state index contributed by atoms with van der Waals surface area (Å²) < 4.78 is 5.26. The van der Waals surface area contributed by atoms with Crippen LogP contribution in [0.1, 0.15) is 44.1 Å². The van der Waals surface area contributed by atoms with Crippen molar-refractivity contribution in [3.63, 3.8) is 0 Å². The smallest absolute Gasteiger partial charge is 0.227 e. The molecule has 1 aliphatic carbocycles. The van der Waals surface area contributed by atoms with Crippen LogP contribution in [0.4, 0.5) is 0 Å². The summed E-state index contributed by atoms with van der Waals surface area (Å²) in [6.45, 7) is 4.41. The zero-order chi connectivity index (χ0) is 14.7. The standard InChI is InChI=1S/C18H25NO2/c1-18(12-21-13-18)11-19-17(20)16(15-9-5-6-10-15)14-7-3-2-4-8-14/h2-4,7-8,15-16H,5-6,9-13H2,1H3,(H,19,20)/t16-/m0/s1. The summed E-state index contributed by atoms with van der Waals surface area (Å²) in [4.78, 5) is 12.8. The first-order valence-corrected chi connectivity index (χ1v) is 8.08. The molecule has 1 amide bonds. The van der Waals surface area contributed by atoms with E-state index in [9.17, 15) is 4.79 Å². The second kappa shape index (κ2) is 6.18. The zero-order valence-electron chi connectivity index (χ0n) is 12.8. The molecule has 21 heavy (non-hydrogen) atoms. The van der Waals surface area contributed by atoms with Gasteiger partial charge in [0.15, 0.2) is 0 Å². The first-order chi connectivity index (χ1) is 10.2. The molecule has 3 rings (SSSR count). The number of carbonyl (C=O) groups excluding carboxylic acids is 1. The van der Waals surface area contributed by atoms with Gasteiger partial charge in [-0.05, 0) is 24.3 Å². The molecule has 1 N–H and O–H groups in total. The van der Waals surface area contributed by atoms with Gasteiger partial charge in [0.05, 0.1) is 19.1 Å². The highest BCUT2D eigenvalue weighted by Crippen LogP contribution is 2.37. The zero-order valence-corrected chi connectivity index (χ0v) is 12.8. The highest BCUT2D eigenvalue weighted by molar-refractivity contribution is 5.84. The molecular formula is C18H25NO2. The lowest BCUT2D eigenvalue weighted by molar-refractivity contribution is -0.129. The summed E-state index contributed by atoms with van der Waals surface area (Å²) in [6.07, 6.45) is 4.86. The van der Waals surface area contributed by atoms with Crippen LogP contribution in [0.3, 0.4) is 0 Å². The molecular weight excluding hydrogens is 262 g/mol. The molecule has 1 heterocycles. The Bertz CT molecular complexity index is 475. The van der Waals surface area contributed by atoms with E-state index in [4.69, 9.17) is 4.74 Å². The van der Waals surface area contributed by atoms with Gasteiger partial charge in [-0.3, -0.25) is 4.79 Å². The van der Waals surface area contributed by atoms with Crippen LogP contribution in [-0.2, 0) is 9.53 Å². The van der Waals surface area contributed by atoms with Crippen LogP contribution < -0.4 is 5.32 Å². The van der Waals surface area contributed by atoms with Gasteiger partial charge in [0, 0.05) is 12.0 Å². The minimum atomic E-state index is 0.0123. The number of benzene rings is 1. The first-order valence-electron chi connectivity index (χ1n) is 8.08. The van der Waals surface area contributed by atoms with E-state index in [2.05, 4.69) is 24.4 Å². The van der Waals surface area contributed by atoms with Crippen molar-refractivity contribution in [3.05, 3.63) is 35.9 Å². The fourth-order valence-electron chi connectivity index (χ4n) is 3.55. The highest BCUT2D eigenvalue weighted by atomic mass is 16.5. The Morgan fingerprint density at radius 3 is 2.52 bits per heavy atom. The fraction of sp³-hybridized carbons (Fsp3) is 0.611. The minimum Gasteiger partial charge on any atom is -0.380 e. The van der Waals surface area contributed by atoms with Crippen molar-refractivity contribution in [2.75, 3.05) is 19.8 Å². The van der Waals surface area contributed by atoms with Crippen LogP contribution in [0.25, 0.3) is 0 Å². The van der Waals surface area contributed by atoms with E-state index in [1.165, 1.54) is 25.7 Å². The molecule has 0 unspecified atom stereocenters. The van der Waals surface area contributed by atoms with Crippen LogP contribution >= 0.6 is 0 Å². The van der Waals surface area contributed by atoms with Crippen LogP contribution in [0.2, 0.25) is 0 Å². The minimum absolute atomic E-state index is 0.0123. The van der Waals surface area contributed by atoms with Gasteiger partial charge in [0.1, 0.15) is 0 Å². The lowest BCUT2D eigenvalue weighted by Gasteiger charge is -2.38. The van der Waals surface area contributed by atoms with Crippen molar-refractivity contribution in [2.24, 2.45) is 11.3 Å². The molecule has 2 aliphatic rings. The van der Waals surface area contributed by atoms with Gasteiger partial charge < -0.3 is 10.1 Å². The van der Waals surface area contributed by atoms with Crippen LogP contribution in [0.5, 0.6) is 0 Å². The monoisotopic (exact) mass is 287 g/mol. The third kappa shape index (κ3) is 3.29. The summed E-state index contributed by atoms with van der Waals surface area (Å²) in [7, 11) is 0. The Morgan fingerprint density at radius 1 is 1.29 bits per heavy atom. The topological polar surface area (TPSA) is 38.3 Å². The molecule has 1 aromatic rings. The number of carbonyl (C=O) groups is 1. The summed E-state index contributed by atoms with van der Waals surface area (Å²) in [5.41, 5.74) is 1.30. The molecule has 1 saturated heterocycles. The molecule has 0 bridgehead atoms. The average molecular weight is 287 g/mol. The first kappa shape index (κ1) is 14.6. The molecule has 1 aliphatic heterocycles. The largest absolute Gasteiger partial charge is 0.380 e. The second-order valence-electron chi connectivity index (χ2n) is 6.95. The van der Waals surface area contributed by atoms with E-state index < -0.39 is 0 Å². The average Bonchev–Trinajstić information content (AvgIpc) is 2.98. The summed E-state index contributed by atoms with van der Waals surface area (Å²) in [5.74, 6) is 0.706. The van der Waals surface area contributed by atoms with Crippen LogP contribution in [-0.4, -0.2) is 25.7 Å². The maximum absolute atomic E-state index is 12.8. The van der Waals surface area contributed by atoms with E-state index in [1.54, 1.807) is 0 Å². The Hall–Kier alpha value is -1.35. The van der Waals surface area contributed by atoms with E-state index in [0.717, 1.165) is 25.3 Å². The Balaban J connectivity index is 1.70. The van der Waals surface area contributed by atoms with Gasteiger partial charge in [-0.2, -0.15) is 0 Å².